The average Bonchev–Trinajstić information content (AvgIpc) is 3.19. The van der Waals surface area contributed by atoms with Crippen molar-refractivity contribution >= 4 is 42.1 Å². The Morgan fingerprint density at radius 3 is 2.73 bits per heavy atom. The lowest BCUT2D eigenvalue weighted by Crippen LogP contribution is -2.51. The zero-order chi connectivity index (χ0) is 14.0. The van der Waals surface area contributed by atoms with Crippen molar-refractivity contribution in [3.8, 4) is 10.8 Å². The molecular weight excluding hydrogens is 345 g/mol. The largest absolute Gasteiger partial charge is 0.462 e. The molecule has 8 heteroatoms. The van der Waals surface area contributed by atoms with Gasteiger partial charge in [0.2, 0.25) is 0 Å². The van der Waals surface area contributed by atoms with E-state index in [1.54, 1.807) is 18.5 Å². The van der Waals surface area contributed by atoms with E-state index in [4.69, 9.17) is 10.2 Å². The van der Waals surface area contributed by atoms with Crippen LogP contribution in [0.4, 0.5) is 0 Å². The Morgan fingerprint density at radius 2 is 2.14 bits per heavy atom. The predicted molar refractivity (Wildman–Crippen MR) is 92.0 cm³/mol. The molecular formula is C14H19Cl2N3O2S. The first-order valence-electron chi connectivity index (χ1n) is 6.75. The molecule has 5 nitrogen and oxygen atoms in total. The van der Waals surface area contributed by atoms with Crippen LogP contribution in [0.1, 0.15) is 35.4 Å². The third-order valence-corrected chi connectivity index (χ3v) is 4.80. The second-order valence-electron chi connectivity index (χ2n) is 5.15. The van der Waals surface area contributed by atoms with Crippen LogP contribution in [0.5, 0.6) is 0 Å². The van der Waals surface area contributed by atoms with E-state index in [-0.39, 0.29) is 36.3 Å². The van der Waals surface area contributed by atoms with Gasteiger partial charge in [0, 0.05) is 6.54 Å². The Kier molecular flexibility index (Phi) is 6.87. The van der Waals surface area contributed by atoms with E-state index in [2.05, 4.69) is 10.3 Å². The van der Waals surface area contributed by atoms with Gasteiger partial charge in [0.1, 0.15) is 4.88 Å². The van der Waals surface area contributed by atoms with Gasteiger partial charge < -0.3 is 15.5 Å². The van der Waals surface area contributed by atoms with Crippen molar-refractivity contribution in [2.45, 2.75) is 31.2 Å². The molecule has 0 atom stereocenters. The highest BCUT2D eigenvalue weighted by Crippen LogP contribution is 2.30. The summed E-state index contributed by atoms with van der Waals surface area (Å²) in [6, 6.07) is 3.64. The van der Waals surface area contributed by atoms with Crippen LogP contribution in [0, 0.1) is 0 Å². The van der Waals surface area contributed by atoms with Crippen LogP contribution >= 0.6 is 36.2 Å². The van der Waals surface area contributed by atoms with Gasteiger partial charge in [-0.25, -0.2) is 4.98 Å². The molecule has 1 saturated carbocycles. The number of nitrogens with one attached hydrogen (secondary N) is 1. The van der Waals surface area contributed by atoms with Crippen LogP contribution in [-0.2, 0) is 0 Å². The molecule has 2 aromatic heterocycles. The highest BCUT2D eigenvalue weighted by atomic mass is 35.5. The van der Waals surface area contributed by atoms with Gasteiger partial charge in [-0.1, -0.05) is 12.8 Å². The number of thiazole rings is 1. The summed E-state index contributed by atoms with van der Waals surface area (Å²) in [6.07, 6.45) is 7.35. The van der Waals surface area contributed by atoms with Crippen LogP contribution < -0.4 is 11.1 Å². The second kappa shape index (κ2) is 7.97. The Bertz CT molecular complexity index is 595. The molecule has 0 aliphatic heterocycles. The number of furan rings is 1. The Morgan fingerprint density at radius 1 is 1.41 bits per heavy atom. The molecule has 0 saturated heterocycles. The molecule has 3 rings (SSSR count). The molecule has 1 aliphatic rings. The minimum absolute atomic E-state index is 0. The van der Waals surface area contributed by atoms with Gasteiger partial charge in [-0.05, 0) is 25.0 Å². The first-order valence-corrected chi connectivity index (χ1v) is 7.56. The van der Waals surface area contributed by atoms with E-state index in [1.165, 1.54) is 11.3 Å². The summed E-state index contributed by atoms with van der Waals surface area (Å²) in [5.74, 6) is 0.594. The molecule has 1 fully saturated rings. The van der Waals surface area contributed by atoms with Crippen molar-refractivity contribution in [3.63, 3.8) is 0 Å². The molecule has 0 unspecified atom stereocenters. The van der Waals surface area contributed by atoms with Crippen molar-refractivity contribution in [3.05, 3.63) is 29.5 Å². The summed E-state index contributed by atoms with van der Waals surface area (Å²) in [5.41, 5.74) is 5.61. The fraction of sp³-hybridized carbons (Fsp3) is 0.429. The number of nitrogens with zero attached hydrogens (tertiary/aromatic N) is 1. The quantitative estimate of drug-likeness (QED) is 0.873. The number of halogens is 2. The van der Waals surface area contributed by atoms with Gasteiger partial charge in [0.25, 0.3) is 5.91 Å². The lowest BCUT2D eigenvalue weighted by atomic mass is 9.98. The van der Waals surface area contributed by atoms with E-state index >= 15 is 0 Å². The monoisotopic (exact) mass is 363 g/mol. The maximum Gasteiger partial charge on any atom is 0.263 e. The fourth-order valence-corrected chi connectivity index (χ4v) is 3.41. The fourth-order valence-electron chi connectivity index (χ4n) is 2.63. The van der Waals surface area contributed by atoms with E-state index < -0.39 is 0 Å². The lowest BCUT2D eigenvalue weighted by molar-refractivity contribution is 0.0907. The zero-order valence-electron chi connectivity index (χ0n) is 11.9. The molecule has 2 heterocycles. The van der Waals surface area contributed by atoms with Gasteiger partial charge >= 0.3 is 0 Å². The maximum atomic E-state index is 12.3. The van der Waals surface area contributed by atoms with Crippen LogP contribution in [0.2, 0.25) is 0 Å². The SMILES string of the molecule is Cl.Cl.NCC1(NC(=O)c2cnc(-c3ccco3)s2)CCCC1. The molecule has 1 amide bonds. The summed E-state index contributed by atoms with van der Waals surface area (Å²) >= 11 is 1.33. The summed E-state index contributed by atoms with van der Waals surface area (Å²) < 4.78 is 5.28. The lowest BCUT2D eigenvalue weighted by Gasteiger charge is -2.28. The number of carbonyl (C=O) groups excluding carboxylic acids is 1. The number of aromatic nitrogens is 1. The van der Waals surface area contributed by atoms with Crippen molar-refractivity contribution in [2.24, 2.45) is 5.73 Å². The molecule has 1 aliphatic carbocycles. The third kappa shape index (κ3) is 3.81. The summed E-state index contributed by atoms with van der Waals surface area (Å²) in [5, 5.41) is 3.81. The summed E-state index contributed by atoms with van der Waals surface area (Å²) in [6.45, 7) is 0.489. The zero-order valence-corrected chi connectivity index (χ0v) is 14.4. The Hall–Kier alpha value is -1.08. The van der Waals surface area contributed by atoms with E-state index in [0.717, 1.165) is 25.7 Å². The first-order chi connectivity index (χ1) is 9.72. The van der Waals surface area contributed by atoms with Gasteiger partial charge in [-0.15, -0.1) is 36.2 Å². The number of nitrogens with two attached hydrogens (primary N) is 1. The van der Waals surface area contributed by atoms with E-state index in [0.29, 0.717) is 22.2 Å². The third-order valence-electron chi connectivity index (χ3n) is 3.79. The topological polar surface area (TPSA) is 81.1 Å². The van der Waals surface area contributed by atoms with Crippen LogP contribution in [0.3, 0.4) is 0 Å². The minimum atomic E-state index is -0.230. The molecule has 2 aromatic rings. The van der Waals surface area contributed by atoms with Crippen LogP contribution in [-0.4, -0.2) is 23.0 Å². The summed E-state index contributed by atoms with van der Waals surface area (Å²) in [7, 11) is 0. The Labute approximate surface area is 145 Å². The maximum absolute atomic E-state index is 12.3. The first kappa shape index (κ1) is 19.0. The number of amides is 1. The van der Waals surface area contributed by atoms with Crippen LogP contribution in [0.25, 0.3) is 10.8 Å². The standard InChI is InChI=1S/C14H17N3O2S.2ClH/c15-9-14(5-1-2-6-14)17-12(18)11-8-16-13(20-11)10-4-3-7-19-10;;/h3-4,7-8H,1-2,5-6,9,15H2,(H,17,18);2*1H. The highest BCUT2D eigenvalue weighted by molar-refractivity contribution is 7.16. The molecule has 0 bridgehead atoms. The van der Waals surface area contributed by atoms with Gasteiger partial charge in [0.05, 0.1) is 18.0 Å². The van der Waals surface area contributed by atoms with E-state index in [1.807, 2.05) is 6.07 Å². The number of rotatable bonds is 4. The highest BCUT2D eigenvalue weighted by Gasteiger charge is 2.34. The average molecular weight is 364 g/mol. The normalized spacial score (nSPS) is 15.7. The predicted octanol–water partition coefficient (Wildman–Crippen LogP) is 3.25. The molecule has 0 radical (unpaired) electrons. The molecule has 0 aromatic carbocycles. The van der Waals surface area contributed by atoms with Crippen molar-refractivity contribution in [2.75, 3.05) is 6.54 Å². The molecule has 22 heavy (non-hydrogen) atoms. The van der Waals surface area contributed by atoms with Crippen molar-refractivity contribution in [1.82, 2.24) is 10.3 Å². The van der Waals surface area contributed by atoms with Gasteiger partial charge in [0.15, 0.2) is 10.8 Å². The summed E-state index contributed by atoms with van der Waals surface area (Å²) in [4.78, 5) is 17.1. The van der Waals surface area contributed by atoms with Gasteiger partial charge in [-0.2, -0.15) is 0 Å². The van der Waals surface area contributed by atoms with Gasteiger partial charge in [-0.3, -0.25) is 4.79 Å². The molecule has 3 N–H and O–H groups in total. The molecule has 0 spiro atoms. The van der Waals surface area contributed by atoms with Crippen molar-refractivity contribution in [1.29, 1.82) is 0 Å². The van der Waals surface area contributed by atoms with Crippen LogP contribution in [0.15, 0.2) is 29.0 Å². The Balaban J connectivity index is 0.00000121. The minimum Gasteiger partial charge on any atom is -0.462 e. The van der Waals surface area contributed by atoms with Crippen molar-refractivity contribution < 1.29 is 9.21 Å². The number of hydrogen-bond acceptors (Lipinski definition) is 5. The number of hydrogen-bond donors (Lipinski definition) is 2. The number of carbonyl (C=O) groups is 1. The second-order valence-corrected chi connectivity index (χ2v) is 6.18. The smallest absolute Gasteiger partial charge is 0.263 e. The van der Waals surface area contributed by atoms with E-state index in [9.17, 15) is 4.79 Å². The molecule has 122 valence electrons.